The smallest absolute Gasteiger partial charge is 0.166 e. The number of carbonyl (C=O) groups excluding carboxylic acids is 1. The first-order valence-electron chi connectivity index (χ1n) is 3.91. The van der Waals surface area contributed by atoms with Crippen LogP contribution in [0.1, 0.15) is 17.3 Å². The van der Waals surface area contributed by atoms with Gasteiger partial charge in [-0.25, -0.2) is 0 Å². The maximum atomic E-state index is 11.6. The molecule has 0 bridgehead atoms. The quantitative estimate of drug-likeness (QED) is 0.470. The van der Waals surface area contributed by atoms with Crippen LogP contribution in [-0.4, -0.2) is 10.2 Å². The first-order chi connectivity index (χ1) is 5.75. The molecule has 0 N–H and O–H groups in total. The number of benzene rings is 1. The summed E-state index contributed by atoms with van der Waals surface area (Å²) in [7, 11) is 0. The number of hydrogen-bond acceptors (Lipinski definition) is 1. The van der Waals surface area contributed by atoms with Gasteiger partial charge in [0.2, 0.25) is 0 Å². The van der Waals surface area contributed by atoms with E-state index < -0.39 is 0 Å². The third-order valence-corrected chi connectivity index (χ3v) is 3.06. The zero-order chi connectivity index (χ0) is 8.97. The Morgan fingerprint density at radius 2 is 2.00 bits per heavy atom. The lowest BCUT2D eigenvalue weighted by molar-refractivity contribution is 0.0943. The number of alkyl halides is 1. The molecule has 2 heteroatoms. The molecule has 0 radical (unpaired) electrons. The van der Waals surface area contributed by atoms with Crippen LogP contribution in [0.25, 0.3) is 0 Å². The molecule has 0 saturated heterocycles. The molecule has 0 amide bonds. The molecule has 0 aliphatic rings. The van der Waals surface area contributed by atoms with Gasteiger partial charge in [-0.05, 0) is 0 Å². The van der Waals surface area contributed by atoms with Crippen LogP contribution in [0.2, 0.25) is 0 Å². The summed E-state index contributed by atoms with van der Waals surface area (Å²) in [6.45, 7) is 1.96. The molecular formula is C10H11IO. The standard InChI is InChI=1S/C10H11IO/c1-8(7-11)10(12)9-5-3-2-4-6-9/h2-6,8H,7H2,1H3. The van der Waals surface area contributed by atoms with Crippen LogP contribution in [-0.2, 0) is 0 Å². The summed E-state index contributed by atoms with van der Waals surface area (Å²) in [4.78, 5) is 11.6. The predicted molar refractivity (Wildman–Crippen MR) is 58.8 cm³/mol. The highest BCUT2D eigenvalue weighted by atomic mass is 127. The molecule has 0 spiro atoms. The zero-order valence-corrected chi connectivity index (χ0v) is 9.11. The summed E-state index contributed by atoms with van der Waals surface area (Å²) in [5.74, 6) is 0.373. The Kier molecular flexibility index (Phi) is 3.72. The predicted octanol–water partition coefficient (Wildman–Crippen LogP) is 2.94. The van der Waals surface area contributed by atoms with Crippen molar-refractivity contribution in [2.24, 2.45) is 5.92 Å². The van der Waals surface area contributed by atoms with Crippen LogP contribution in [0, 0.1) is 5.92 Å². The van der Waals surface area contributed by atoms with Crippen molar-refractivity contribution in [1.82, 2.24) is 0 Å². The van der Waals surface area contributed by atoms with E-state index >= 15 is 0 Å². The molecule has 0 heterocycles. The minimum atomic E-state index is 0.132. The van der Waals surface area contributed by atoms with Crippen molar-refractivity contribution in [2.45, 2.75) is 6.92 Å². The number of halogens is 1. The normalized spacial score (nSPS) is 12.5. The summed E-state index contributed by atoms with van der Waals surface area (Å²) in [5, 5.41) is 0. The van der Waals surface area contributed by atoms with Crippen LogP contribution >= 0.6 is 22.6 Å². The molecule has 12 heavy (non-hydrogen) atoms. The number of carbonyl (C=O) groups is 1. The van der Waals surface area contributed by atoms with Gasteiger partial charge < -0.3 is 0 Å². The SMILES string of the molecule is CC(CI)C(=O)c1ccccc1. The topological polar surface area (TPSA) is 17.1 Å². The second-order valence-corrected chi connectivity index (χ2v) is 3.67. The Labute approximate surface area is 86.3 Å². The Balaban J connectivity index is 2.79. The van der Waals surface area contributed by atoms with E-state index in [9.17, 15) is 4.79 Å². The van der Waals surface area contributed by atoms with Gasteiger partial charge in [-0.15, -0.1) is 0 Å². The van der Waals surface area contributed by atoms with E-state index in [1.807, 2.05) is 37.3 Å². The summed E-state index contributed by atoms with van der Waals surface area (Å²) in [6.07, 6.45) is 0. The molecule has 1 nitrogen and oxygen atoms in total. The minimum absolute atomic E-state index is 0.132. The fourth-order valence-corrected chi connectivity index (χ4v) is 1.36. The van der Waals surface area contributed by atoms with E-state index in [1.54, 1.807) is 0 Å². The van der Waals surface area contributed by atoms with Crippen molar-refractivity contribution in [2.75, 3.05) is 4.43 Å². The van der Waals surface area contributed by atoms with Crippen molar-refractivity contribution in [3.05, 3.63) is 35.9 Å². The summed E-state index contributed by atoms with van der Waals surface area (Å²) in [5.41, 5.74) is 0.821. The molecule has 1 rings (SSSR count). The summed E-state index contributed by atoms with van der Waals surface area (Å²) < 4.78 is 0.880. The molecule has 0 aliphatic heterocycles. The Bertz CT molecular complexity index is 256. The van der Waals surface area contributed by atoms with E-state index in [2.05, 4.69) is 22.6 Å². The fraction of sp³-hybridized carbons (Fsp3) is 0.300. The van der Waals surface area contributed by atoms with Crippen molar-refractivity contribution >= 4 is 28.4 Å². The lowest BCUT2D eigenvalue weighted by atomic mass is 10.0. The van der Waals surface area contributed by atoms with Gasteiger partial charge in [-0.2, -0.15) is 0 Å². The van der Waals surface area contributed by atoms with E-state index in [4.69, 9.17) is 0 Å². The Morgan fingerprint density at radius 1 is 1.42 bits per heavy atom. The average Bonchev–Trinajstić information content (AvgIpc) is 2.17. The maximum Gasteiger partial charge on any atom is 0.166 e. The lowest BCUT2D eigenvalue weighted by Gasteiger charge is -2.05. The maximum absolute atomic E-state index is 11.6. The summed E-state index contributed by atoms with van der Waals surface area (Å²) >= 11 is 2.23. The molecule has 1 aromatic carbocycles. The van der Waals surface area contributed by atoms with E-state index in [1.165, 1.54) is 0 Å². The van der Waals surface area contributed by atoms with Crippen molar-refractivity contribution in [1.29, 1.82) is 0 Å². The highest BCUT2D eigenvalue weighted by Crippen LogP contribution is 2.10. The van der Waals surface area contributed by atoms with Crippen molar-refractivity contribution in [3.8, 4) is 0 Å². The molecular weight excluding hydrogens is 263 g/mol. The molecule has 0 aliphatic carbocycles. The number of hydrogen-bond donors (Lipinski definition) is 0. The Morgan fingerprint density at radius 3 is 2.50 bits per heavy atom. The number of rotatable bonds is 3. The second-order valence-electron chi connectivity index (χ2n) is 2.79. The van der Waals surface area contributed by atoms with Crippen LogP contribution in [0.3, 0.4) is 0 Å². The van der Waals surface area contributed by atoms with E-state index in [0.29, 0.717) is 0 Å². The summed E-state index contributed by atoms with van der Waals surface area (Å²) in [6, 6.07) is 9.45. The van der Waals surface area contributed by atoms with E-state index in [0.717, 1.165) is 9.99 Å². The molecule has 1 aromatic rings. The third kappa shape index (κ3) is 2.30. The molecule has 0 aromatic heterocycles. The van der Waals surface area contributed by atoms with Gasteiger partial charge in [0.25, 0.3) is 0 Å². The first-order valence-corrected chi connectivity index (χ1v) is 5.43. The monoisotopic (exact) mass is 274 g/mol. The molecule has 1 atom stereocenters. The zero-order valence-electron chi connectivity index (χ0n) is 6.96. The van der Waals surface area contributed by atoms with Gasteiger partial charge in [-0.1, -0.05) is 59.8 Å². The number of Topliss-reactive ketones (excluding diaryl/α,β-unsaturated/α-hetero) is 1. The Hall–Kier alpha value is -0.380. The van der Waals surface area contributed by atoms with Crippen LogP contribution in [0.5, 0.6) is 0 Å². The van der Waals surface area contributed by atoms with Gasteiger partial charge in [-0.3, -0.25) is 4.79 Å². The average molecular weight is 274 g/mol. The molecule has 0 fully saturated rings. The van der Waals surface area contributed by atoms with E-state index in [-0.39, 0.29) is 11.7 Å². The van der Waals surface area contributed by atoms with Crippen molar-refractivity contribution < 1.29 is 4.79 Å². The van der Waals surface area contributed by atoms with Crippen LogP contribution in [0.4, 0.5) is 0 Å². The highest BCUT2D eigenvalue weighted by molar-refractivity contribution is 14.1. The second kappa shape index (κ2) is 4.60. The molecule has 64 valence electrons. The van der Waals surface area contributed by atoms with Crippen LogP contribution in [0.15, 0.2) is 30.3 Å². The van der Waals surface area contributed by atoms with Crippen LogP contribution < -0.4 is 0 Å². The largest absolute Gasteiger partial charge is 0.294 e. The van der Waals surface area contributed by atoms with Gasteiger partial charge in [0.05, 0.1) is 0 Å². The molecule has 1 unspecified atom stereocenters. The lowest BCUT2D eigenvalue weighted by Crippen LogP contribution is -2.11. The minimum Gasteiger partial charge on any atom is -0.294 e. The highest BCUT2D eigenvalue weighted by Gasteiger charge is 2.12. The third-order valence-electron chi connectivity index (χ3n) is 1.74. The van der Waals surface area contributed by atoms with Gasteiger partial charge in [0.1, 0.15) is 0 Å². The first kappa shape index (κ1) is 9.71. The molecule has 0 saturated carbocycles. The van der Waals surface area contributed by atoms with Crippen molar-refractivity contribution in [3.63, 3.8) is 0 Å². The van der Waals surface area contributed by atoms with Gasteiger partial charge in [0, 0.05) is 15.9 Å². The van der Waals surface area contributed by atoms with Gasteiger partial charge >= 0.3 is 0 Å². The number of ketones is 1. The van der Waals surface area contributed by atoms with Gasteiger partial charge in [0.15, 0.2) is 5.78 Å². The fourth-order valence-electron chi connectivity index (χ4n) is 0.957.